The van der Waals surface area contributed by atoms with E-state index in [1.54, 1.807) is 13.8 Å². The molecule has 1 N–H and O–H groups in total. The first-order chi connectivity index (χ1) is 6.92. The average Bonchev–Trinajstić information content (AvgIpc) is 2.16. The van der Waals surface area contributed by atoms with Crippen LogP contribution in [0.3, 0.4) is 0 Å². The van der Waals surface area contributed by atoms with Crippen molar-refractivity contribution in [1.82, 2.24) is 4.90 Å². The molecule has 0 atom stereocenters. The van der Waals surface area contributed by atoms with Gasteiger partial charge < -0.3 is 5.11 Å². The third kappa shape index (κ3) is 5.17. The fourth-order valence-electron chi connectivity index (χ4n) is 1.40. The fourth-order valence-corrected chi connectivity index (χ4v) is 1.40. The maximum absolute atomic E-state index is 11.0. The van der Waals surface area contributed by atoms with Crippen molar-refractivity contribution < 1.29 is 9.90 Å². The standard InChI is InChI=1S/C12H25NO2/c1-5-6-7-8-9-10-13(4)12(2,3)11(14)15/h5-10H2,1-4H3,(H,14,15). The zero-order valence-electron chi connectivity index (χ0n) is 10.5. The lowest BCUT2D eigenvalue weighted by molar-refractivity contribution is -0.148. The molecule has 0 spiro atoms. The van der Waals surface area contributed by atoms with Crippen LogP contribution >= 0.6 is 0 Å². The summed E-state index contributed by atoms with van der Waals surface area (Å²) in [5.41, 5.74) is -0.745. The maximum Gasteiger partial charge on any atom is 0.323 e. The van der Waals surface area contributed by atoms with E-state index in [0.717, 1.165) is 13.0 Å². The Morgan fingerprint density at radius 1 is 1.20 bits per heavy atom. The fraction of sp³-hybridized carbons (Fsp3) is 0.917. The van der Waals surface area contributed by atoms with Gasteiger partial charge in [-0.3, -0.25) is 9.69 Å². The first-order valence-electron chi connectivity index (χ1n) is 5.87. The maximum atomic E-state index is 11.0. The van der Waals surface area contributed by atoms with Gasteiger partial charge in [-0.2, -0.15) is 0 Å². The Bertz CT molecular complexity index is 190. The van der Waals surface area contributed by atoms with Crippen molar-refractivity contribution in [2.24, 2.45) is 0 Å². The molecule has 0 unspecified atom stereocenters. The van der Waals surface area contributed by atoms with Gasteiger partial charge in [-0.1, -0.05) is 32.6 Å². The van der Waals surface area contributed by atoms with Crippen LogP contribution in [0.1, 0.15) is 52.9 Å². The number of aliphatic carboxylic acids is 1. The third-order valence-electron chi connectivity index (χ3n) is 3.07. The minimum atomic E-state index is -0.751. The van der Waals surface area contributed by atoms with Crippen molar-refractivity contribution in [2.75, 3.05) is 13.6 Å². The number of carboxylic acids is 1. The summed E-state index contributed by atoms with van der Waals surface area (Å²) >= 11 is 0. The molecule has 0 aromatic rings. The molecule has 0 rings (SSSR count). The lowest BCUT2D eigenvalue weighted by Crippen LogP contribution is -2.48. The number of unbranched alkanes of at least 4 members (excludes halogenated alkanes) is 4. The van der Waals surface area contributed by atoms with Crippen LogP contribution in [0.4, 0.5) is 0 Å². The molecule has 0 aromatic heterocycles. The SMILES string of the molecule is CCCCCCCN(C)C(C)(C)C(=O)O. The van der Waals surface area contributed by atoms with Crippen molar-refractivity contribution in [3.8, 4) is 0 Å². The van der Waals surface area contributed by atoms with Gasteiger partial charge in [0.15, 0.2) is 0 Å². The molecule has 0 aliphatic rings. The summed E-state index contributed by atoms with van der Waals surface area (Å²) in [7, 11) is 1.88. The second-order valence-electron chi connectivity index (χ2n) is 4.70. The zero-order chi connectivity index (χ0) is 11.9. The lowest BCUT2D eigenvalue weighted by atomic mass is 10.0. The molecule has 0 radical (unpaired) electrons. The monoisotopic (exact) mass is 215 g/mol. The van der Waals surface area contributed by atoms with Gasteiger partial charge in [-0.15, -0.1) is 0 Å². The van der Waals surface area contributed by atoms with Gasteiger partial charge in [0.05, 0.1) is 0 Å². The Hall–Kier alpha value is -0.570. The molecule has 0 aromatic carbocycles. The van der Waals surface area contributed by atoms with Crippen LogP contribution < -0.4 is 0 Å². The predicted octanol–water partition coefficient (Wildman–Crippen LogP) is 2.75. The predicted molar refractivity (Wildman–Crippen MR) is 63.1 cm³/mol. The van der Waals surface area contributed by atoms with E-state index in [0.29, 0.717) is 0 Å². The number of likely N-dealkylation sites (N-methyl/N-ethyl adjacent to an activating group) is 1. The van der Waals surface area contributed by atoms with E-state index >= 15 is 0 Å². The Morgan fingerprint density at radius 3 is 2.20 bits per heavy atom. The number of hydrogen-bond donors (Lipinski definition) is 1. The molecule has 3 heteroatoms. The molecular weight excluding hydrogens is 190 g/mol. The number of nitrogens with zero attached hydrogens (tertiary/aromatic N) is 1. The highest BCUT2D eigenvalue weighted by molar-refractivity contribution is 5.77. The molecule has 90 valence electrons. The molecule has 15 heavy (non-hydrogen) atoms. The van der Waals surface area contributed by atoms with Crippen LogP contribution in [0.15, 0.2) is 0 Å². The van der Waals surface area contributed by atoms with Gasteiger partial charge in [0.1, 0.15) is 5.54 Å². The van der Waals surface area contributed by atoms with Crippen molar-refractivity contribution >= 4 is 5.97 Å². The number of rotatable bonds is 8. The molecule has 0 aliphatic heterocycles. The summed E-state index contributed by atoms with van der Waals surface area (Å²) in [6.45, 7) is 6.56. The normalized spacial score (nSPS) is 12.1. The molecule has 0 fully saturated rings. The lowest BCUT2D eigenvalue weighted by Gasteiger charge is -2.31. The van der Waals surface area contributed by atoms with Crippen molar-refractivity contribution in [2.45, 2.75) is 58.4 Å². The molecule has 3 nitrogen and oxygen atoms in total. The van der Waals surface area contributed by atoms with Crippen LogP contribution in [0.25, 0.3) is 0 Å². The van der Waals surface area contributed by atoms with E-state index < -0.39 is 11.5 Å². The molecular formula is C12H25NO2. The van der Waals surface area contributed by atoms with Crippen LogP contribution in [0.5, 0.6) is 0 Å². The van der Waals surface area contributed by atoms with Gasteiger partial charge >= 0.3 is 5.97 Å². The quantitative estimate of drug-likeness (QED) is 0.633. The molecule has 0 heterocycles. The topological polar surface area (TPSA) is 40.5 Å². The Morgan fingerprint density at radius 2 is 1.73 bits per heavy atom. The van der Waals surface area contributed by atoms with E-state index in [9.17, 15) is 4.79 Å². The van der Waals surface area contributed by atoms with Crippen molar-refractivity contribution in [1.29, 1.82) is 0 Å². The molecule has 0 saturated heterocycles. The van der Waals surface area contributed by atoms with Crippen LogP contribution in [0.2, 0.25) is 0 Å². The minimum Gasteiger partial charge on any atom is -0.480 e. The number of carbonyl (C=O) groups is 1. The first-order valence-corrected chi connectivity index (χ1v) is 5.87. The molecule has 0 amide bonds. The molecule has 0 aliphatic carbocycles. The van der Waals surface area contributed by atoms with E-state index in [1.807, 2.05) is 11.9 Å². The summed E-state index contributed by atoms with van der Waals surface area (Å²) in [6.07, 6.45) is 6.08. The van der Waals surface area contributed by atoms with E-state index in [-0.39, 0.29) is 0 Å². The van der Waals surface area contributed by atoms with Gasteiger partial charge in [-0.25, -0.2) is 0 Å². The van der Waals surface area contributed by atoms with Crippen LogP contribution in [0, 0.1) is 0 Å². The first kappa shape index (κ1) is 14.4. The largest absolute Gasteiger partial charge is 0.480 e. The zero-order valence-corrected chi connectivity index (χ0v) is 10.5. The van der Waals surface area contributed by atoms with Gasteiger partial charge in [-0.05, 0) is 33.9 Å². The second kappa shape index (κ2) is 6.83. The van der Waals surface area contributed by atoms with Crippen molar-refractivity contribution in [3.63, 3.8) is 0 Å². The average molecular weight is 215 g/mol. The van der Waals surface area contributed by atoms with E-state index in [2.05, 4.69) is 6.92 Å². The third-order valence-corrected chi connectivity index (χ3v) is 3.07. The summed E-state index contributed by atoms with van der Waals surface area (Å²) in [4.78, 5) is 12.9. The Balaban J connectivity index is 3.73. The van der Waals surface area contributed by atoms with Gasteiger partial charge in [0.25, 0.3) is 0 Å². The second-order valence-corrected chi connectivity index (χ2v) is 4.70. The number of carboxylic acid groups (broad SMARTS) is 1. The molecule has 0 bridgehead atoms. The summed E-state index contributed by atoms with van der Waals surface area (Å²) in [5, 5.41) is 9.01. The Kier molecular flexibility index (Phi) is 6.57. The van der Waals surface area contributed by atoms with E-state index in [1.165, 1.54) is 25.7 Å². The minimum absolute atomic E-state index is 0.745. The number of hydrogen-bond acceptors (Lipinski definition) is 2. The van der Waals surface area contributed by atoms with Crippen LogP contribution in [-0.2, 0) is 4.79 Å². The smallest absolute Gasteiger partial charge is 0.323 e. The highest BCUT2D eigenvalue weighted by atomic mass is 16.4. The van der Waals surface area contributed by atoms with Gasteiger partial charge in [0, 0.05) is 0 Å². The van der Waals surface area contributed by atoms with Crippen LogP contribution in [-0.4, -0.2) is 35.1 Å². The summed E-state index contributed by atoms with van der Waals surface area (Å²) in [6, 6.07) is 0. The Labute approximate surface area is 93.5 Å². The highest BCUT2D eigenvalue weighted by Crippen LogP contribution is 2.13. The van der Waals surface area contributed by atoms with E-state index in [4.69, 9.17) is 5.11 Å². The van der Waals surface area contributed by atoms with Gasteiger partial charge in [0.2, 0.25) is 0 Å². The molecule has 0 saturated carbocycles. The highest BCUT2D eigenvalue weighted by Gasteiger charge is 2.31. The summed E-state index contributed by atoms with van der Waals surface area (Å²) in [5.74, 6) is -0.751. The summed E-state index contributed by atoms with van der Waals surface area (Å²) < 4.78 is 0. The van der Waals surface area contributed by atoms with Crippen molar-refractivity contribution in [3.05, 3.63) is 0 Å².